The molecule has 0 aromatic heterocycles. The number of benzene rings is 1. The van der Waals surface area contributed by atoms with Gasteiger partial charge in [0.05, 0.1) is 7.11 Å². The molecular formula is C16H20F2O. The zero-order valence-corrected chi connectivity index (χ0v) is 11.7. The Morgan fingerprint density at radius 2 is 1.63 bits per heavy atom. The molecule has 0 saturated heterocycles. The van der Waals surface area contributed by atoms with Crippen LogP contribution >= 0.6 is 0 Å². The molecule has 3 fully saturated rings. The van der Waals surface area contributed by atoms with Crippen LogP contribution in [-0.2, 0) is 5.92 Å². The van der Waals surface area contributed by atoms with Gasteiger partial charge in [-0.25, -0.2) is 8.78 Å². The number of hydrogen-bond donors (Lipinski definition) is 0. The number of methoxy groups -OCH3 is 1. The first-order chi connectivity index (χ1) is 8.85. The Morgan fingerprint density at radius 1 is 1.11 bits per heavy atom. The van der Waals surface area contributed by atoms with Gasteiger partial charge in [0.25, 0.3) is 5.92 Å². The molecular weight excluding hydrogens is 246 g/mol. The Labute approximate surface area is 113 Å². The molecule has 3 aliphatic rings. The monoisotopic (exact) mass is 266 g/mol. The Hall–Kier alpha value is -1.12. The van der Waals surface area contributed by atoms with Crippen molar-refractivity contribution in [3.8, 4) is 5.75 Å². The Balaban J connectivity index is 1.81. The summed E-state index contributed by atoms with van der Waals surface area (Å²) in [6.45, 7) is 4.29. The smallest absolute Gasteiger partial charge is 0.278 e. The van der Waals surface area contributed by atoms with Gasteiger partial charge in [-0.15, -0.1) is 0 Å². The summed E-state index contributed by atoms with van der Waals surface area (Å²) < 4.78 is 34.3. The number of alkyl halides is 2. The summed E-state index contributed by atoms with van der Waals surface area (Å²) in [5.74, 6) is -1.58. The van der Waals surface area contributed by atoms with Crippen LogP contribution in [0.5, 0.6) is 5.75 Å². The van der Waals surface area contributed by atoms with E-state index in [4.69, 9.17) is 4.74 Å². The third-order valence-electron chi connectivity index (χ3n) is 5.41. The van der Waals surface area contributed by atoms with Crippen molar-refractivity contribution >= 4 is 0 Å². The van der Waals surface area contributed by atoms with E-state index in [1.807, 2.05) is 0 Å². The van der Waals surface area contributed by atoms with Gasteiger partial charge >= 0.3 is 0 Å². The standard InChI is InChI=1S/C16H20F2O/c1-11(2)14-8-15(9-14,10-14)16(17,18)12-4-6-13(19-3)7-5-12/h4-7,11H,8-10H2,1-3H3. The van der Waals surface area contributed by atoms with Crippen LogP contribution < -0.4 is 4.74 Å². The minimum absolute atomic E-state index is 0.130. The Bertz CT molecular complexity index is 470. The summed E-state index contributed by atoms with van der Waals surface area (Å²) in [5, 5.41) is 0. The Morgan fingerprint density at radius 3 is 2.05 bits per heavy atom. The lowest BCUT2D eigenvalue weighted by Gasteiger charge is -2.74. The van der Waals surface area contributed by atoms with E-state index in [0.29, 0.717) is 30.9 Å². The molecule has 1 aromatic carbocycles. The summed E-state index contributed by atoms with van der Waals surface area (Å²) in [5.41, 5.74) is -0.438. The van der Waals surface area contributed by atoms with Gasteiger partial charge in [0.15, 0.2) is 0 Å². The lowest BCUT2D eigenvalue weighted by atomic mass is 9.30. The fourth-order valence-electron chi connectivity index (χ4n) is 3.92. The highest BCUT2D eigenvalue weighted by Crippen LogP contribution is 2.82. The third-order valence-corrected chi connectivity index (χ3v) is 5.41. The van der Waals surface area contributed by atoms with Crippen molar-refractivity contribution in [3.63, 3.8) is 0 Å². The molecule has 0 unspecified atom stereocenters. The maximum Gasteiger partial charge on any atom is 0.278 e. The van der Waals surface area contributed by atoms with Gasteiger partial charge in [-0.2, -0.15) is 0 Å². The normalized spacial score (nSPS) is 32.7. The van der Waals surface area contributed by atoms with Crippen molar-refractivity contribution in [2.75, 3.05) is 7.11 Å². The summed E-state index contributed by atoms with van der Waals surface area (Å²) in [4.78, 5) is 0. The number of hydrogen-bond acceptors (Lipinski definition) is 1. The van der Waals surface area contributed by atoms with E-state index in [-0.39, 0.29) is 11.0 Å². The fourth-order valence-corrected chi connectivity index (χ4v) is 3.92. The molecule has 2 bridgehead atoms. The summed E-state index contributed by atoms with van der Waals surface area (Å²) in [6.07, 6.45) is 2.03. The number of halogens is 2. The second-order valence-corrected chi connectivity index (χ2v) is 6.63. The highest BCUT2D eigenvalue weighted by molar-refractivity contribution is 5.35. The number of ether oxygens (including phenoxy) is 1. The van der Waals surface area contributed by atoms with Crippen molar-refractivity contribution in [2.45, 2.75) is 39.0 Å². The molecule has 19 heavy (non-hydrogen) atoms. The predicted octanol–water partition coefficient (Wildman–Crippen LogP) is 4.61. The van der Waals surface area contributed by atoms with E-state index >= 15 is 0 Å². The van der Waals surface area contributed by atoms with Gasteiger partial charge in [-0.05, 0) is 54.9 Å². The predicted molar refractivity (Wildman–Crippen MR) is 70.4 cm³/mol. The van der Waals surface area contributed by atoms with E-state index in [0.717, 1.165) is 0 Å². The molecule has 3 saturated carbocycles. The van der Waals surface area contributed by atoms with Crippen molar-refractivity contribution < 1.29 is 13.5 Å². The van der Waals surface area contributed by atoms with E-state index in [1.54, 1.807) is 19.2 Å². The van der Waals surface area contributed by atoms with Crippen LogP contribution in [0.4, 0.5) is 8.78 Å². The lowest BCUT2D eigenvalue weighted by molar-refractivity contribution is -0.335. The molecule has 0 radical (unpaired) electrons. The van der Waals surface area contributed by atoms with Crippen molar-refractivity contribution in [2.24, 2.45) is 16.7 Å². The lowest BCUT2D eigenvalue weighted by Crippen LogP contribution is -2.69. The SMILES string of the molecule is COc1ccc(C(F)(F)C23CC(C(C)C)(C2)C3)cc1. The van der Waals surface area contributed by atoms with E-state index < -0.39 is 11.3 Å². The highest BCUT2D eigenvalue weighted by Gasteiger charge is 2.77. The van der Waals surface area contributed by atoms with Crippen LogP contribution in [0.3, 0.4) is 0 Å². The van der Waals surface area contributed by atoms with Crippen LogP contribution in [0, 0.1) is 16.7 Å². The van der Waals surface area contributed by atoms with Crippen LogP contribution in [0.25, 0.3) is 0 Å². The molecule has 3 heteroatoms. The van der Waals surface area contributed by atoms with Crippen molar-refractivity contribution in [3.05, 3.63) is 29.8 Å². The molecule has 0 heterocycles. The fraction of sp³-hybridized carbons (Fsp3) is 0.625. The molecule has 3 aliphatic carbocycles. The van der Waals surface area contributed by atoms with Gasteiger partial charge < -0.3 is 4.74 Å². The van der Waals surface area contributed by atoms with Gasteiger partial charge in [0, 0.05) is 11.0 Å². The highest BCUT2D eigenvalue weighted by atomic mass is 19.3. The molecule has 1 nitrogen and oxygen atoms in total. The second-order valence-electron chi connectivity index (χ2n) is 6.63. The van der Waals surface area contributed by atoms with Gasteiger partial charge in [-0.1, -0.05) is 13.8 Å². The third kappa shape index (κ3) is 1.50. The summed E-state index contributed by atoms with van der Waals surface area (Å²) >= 11 is 0. The molecule has 104 valence electrons. The molecule has 0 spiro atoms. The minimum atomic E-state index is -2.71. The van der Waals surface area contributed by atoms with Gasteiger partial charge in [0.2, 0.25) is 0 Å². The average molecular weight is 266 g/mol. The maximum absolute atomic E-state index is 14.7. The van der Waals surface area contributed by atoms with Crippen LogP contribution in [0.15, 0.2) is 24.3 Å². The van der Waals surface area contributed by atoms with E-state index in [9.17, 15) is 8.78 Å². The van der Waals surface area contributed by atoms with Crippen LogP contribution in [0.2, 0.25) is 0 Å². The molecule has 4 rings (SSSR count). The summed E-state index contributed by atoms with van der Waals surface area (Å²) in [6, 6.07) is 6.24. The van der Waals surface area contributed by atoms with Crippen LogP contribution in [-0.4, -0.2) is 7.11 Å². The second kappa shape index (κ2) is 3.71. The minimum Gasteiger partial charge on any atom is -0.497 e. The van der Waals surface area contributed by atoms with Crippen molar-refractivity contribution in [1.29, 1.82) is 0 Å². The molecule has 0 amide bonds. The zero-order valence-electron chi connectivity index (χ0n) is 11.7. The van der Waals surface area contributed by atoms with Gasteiger partial charge in [-0.3, -0.25) is 0 Å². The summed E-state index contributed by atoms with van der Waals surface area (Å²) in [7, 11) is 1.54. The molecule has 0 aliphatic heterocycles. The zero-order chi connectivity index (χ0) is 13.9. The van der Waals surface area contributed by atoms with Crippen LogP contribution in [0.1, 0.15) is 38.7 Å². The first-order valence-electron chi connectivity index (χ1n) is 6.88. The van der Waals surface area contributed by atoms with E-state index in [2.05, 4.69) is 13.8 Å². The number of rotatable bonds is 4. The van der Waals surface area contributed by atoms with E-state index in [1.165, 1.54) is 12.1 Å². The first-order valence-corrected chi connectivity index (χ1v) is 6.88. The molecule has 0 N–H and O–H groups in total. The topological polar surface area (TPSA) is 9.23 Å². The largest absolute Gasteiger partial charge is 0.497 e. The van der Waals surface area contributed by atoms with Gasteiger partial charge in [0.1, 0.15) is 5.75 Å². The van der Waals surface area contributed by atoms with Crippen molar-refractivity contribution in [1.82, 2.24) is 0 Å². The average Bonchev–Trinajstić information content (AvgIpc) is 2.24. The maximum atomic E-state index is 14.7. The quantitative estimate of drug-likeness (QED) is 0.773. The first kappa shape index (κ1) is 12.9. The molecule has 0 atom stereocenters. The molecule has 1 aromatic rings. The Kier molecular flexibility index (Phi) is 2.52.